The summed E-state index contributed by atoms with van der Waals surface area (Å²) in [6, 6.07) is 10.6. The highest BCUT2D eigenvalue weighted by atomic mass is 16.5. The summed E-state index contributed by atoms with van der Waals surface area (Å²) in [6.07, 6.45) is 2.66. The molecule has 154 valence electrons. The molecule has 2 aromatic rings. The number of amides is 1. The summed E-state index contributed by atoms with van der Waals surface area (Å²) < 4.78 is 5.51. The van der Waals surface area contributed by atoms with Gasteiger partial charge in [-0.1, -0.05) is 45.0 Å². The highest BCUT2D eigenvalue weighted by molar-refractivity contribution is 5.97. The van der Waals surface area contributed by atoms with E-state index in [1.807, 2.05) is 57.2 Å². The van der Waals surface area contributed by atoms with E-state index in [9.17, 15) is 14.7 Å². The number of benzene rings is 1. The van der Waals surface area contributed by atoms with Crippen LogP contribution in [0.4, 0.5) is 0 Å². The molecule has 0 radical (unpaired) electrons. The number of aliphatic hydroxyl groups excluding tert-OH is 1. The van der Waals surface area contributed by atoms with Crippen molar-refractivity contribution in [1.29, 1.82) is 0 Å². The summed E-state index contributed by atoms with van der Waals surface area (Å²) in [5, 5.41) is 10.8. The quantitative estimate of drug-likeness (QED) is 0.812. The van der Waals surface area contributed by atoms with Gasteiger partial charge < -0.3 is 14.7 Å². The van der Waals surface area contributed by atoms with Crippen molar-refractivity contribution in [2.45, 2.75) is 39.3 Å². The zero-order valence-electron chi connectivity index (χ0n) is 17.3. The van der Waals surface area contributed by atoms with Crippen molar-refractivity contribution < 1.29 is 19.4 Å². The van der Waals surface area contributed by atoms with Crippen LogP contribution in [0.3, 0.4) is 0 Å². The number of carbonyl (C=O) groups is 2. The van der Waals surface area contributed by atoms with E-state index in [1.54, 1.807) is 24.4 Å². The van der Waals surface area contributed by atoms with Gasteiger partial charge in [-0.15, -0.1) is 0 Å². The van der Waals surface area contributed by atoms with Gasteiger partial charge in [-0.2, -0.15) is 0 Å². The summed E-state index contributed by atoms with van der Waals surface area (Å²) in [5.41, 5.74) is 1.03. The monoisotopic (exact) mass is 396 g/mol. The first-order valence-electron chi connectivity index (χ1n) is 9.80. The van der Waals surface area contributed by atoms with Crippen LogP contribution in [0.15, 0.2) is 48.8 Å². The van der Waals surface area contributed by atoms with Crippen molar-refractivity contribution in [2.75, 3.05) is 13.7 Å². The summed E-state index contributed by atoms with van der Waals surface area (Å²) in [7, 11) is 1.56. The molecule has 1 aliphatic rings. The Morgan fingerprint density at radius 1 is 1.21 bits per heavy atom. The molecule has 3 unspecified atom stereocenters. The zero-order chi connectivity index (χ0) is 21.2. The average Bonchev–Trinajstić information content (AvgIpc) is 2.96. The Morgan fingerprint density at radius 3 is 2.55 bits per heavy atom. The number of likely N-dealkylation sites (tertiary alicyclic amines) is 1. The van der Waals surface area contributed by atoms with Gasteiger partial charge in [0, 0.05) is 29.9 Å². The van der Waals surface area contributed by atoms with Gasteiger partial charge in [0.05, 0.1) is 19.1 Å². The summed E-state index contributed by atoms with van der Waals surface area (Å²) in [4.78, 5) is 32.0. The fourth-order valence-electron chi connectivity index (χ4n) is 3.93. The fourth-order valence-corrected chi connectivity index (χ4v) is 3.93. The zero-order valence-corrected chi connectivity index (χ0v) is 17.3. The first-order valence-corrected chi connectivity index (χ1v) is 9.80. The van der Waals surface area contributed by atoms with Crippen molar-refractivity contribution in [3.8, 4) is 5.75 Å². The van der Waals surface area contributed by atoms with E-state index in [0.29, 0.717) is 18.7 Å². The van der Waals surface area contributed by atoms with Gasteiger partial charge in [0.25, 0.3) is 5.91 Å². The number of hydrogen-bond donors (Lipinski definition) is 1. The molecule has 0 bridgehead atoms. The van der Waals surface area contributed by atoms with Crippen LogP contribution in [0.1, 0.15) is 37.9 Å². The minimum atomic E-state index is -1.37. The number of carbonyl (C=O) groups excluding carboxylic acids is 2. The molecule has 0 aliphatic carbocycles. The first kappa shape index (κ1) is 21.0. The normalized spacial score (nSPS) is 22.0. The number of para-hydroxylation sites is 1. The Kier molecular flexibility index (Phi) is 6.03. The minimum absolute atomic E-state index is 0.141. The van der Waals surface area contributed by atoms with Crippen LogP contribution in [0.25, 0.3) is 0 Å². The Labute approximate surface area is 171 Å². The van der Waals surface area contributed by atoms with Gasteiger partial charge in [-0.25, -0.2) is 0 Å². The Balaban J connectivity index is 2.02. The van der Waals surface area contributed by atoms with Crippen molar-refractivity contribution >= 4 is 11.7 Å². The Hall–Kier alpha value is -2.73. The van der Waals surface area contributed by atoms with Crippen LogP contribution in [-0.2, 0) is 16.0 Å². The van der Waals surface area contributed by atoms with E-state index < -0.39 is 29.4 Å². The first-order chi connectivity index (χ1) is 13.8. The number of aliphatic hydroxyl groups is 1. The molecular formula is C23H28N2O4. The largest absolute Gasteiger partial charge is 0.496 e. The second-order valence-electron chi connectivity index (χ2n) is 8.41. The van der Waals surface area contributed by atoms with Crippen LogP contribution in [0.5, 0.6) is 5.75 Å². The maximum Gasteiger partial charge on any atom is 0.252 e. The highest BCUT2D eigenvalue weighted by Crippen LogP contribution is 2.44. The van der Waals surface area contributed by atoms with E-state index >= 15 is 0 Å². The average molecular weight is 396 g/mol. The molecule has 29 heavy (non-hydrogen) atoms. The number of methoxy groups -OCH3 is 1. The van der Waals surface area contributed by atoms with Crippen LogP contribution >= 0.6 is 0 Å². The minimum Gasteiger partial charge on any atom is -0.496 e. The second kappa shape index (κ2) is 8.33. The summed E-state index contributed by atoms with van der Waals surface area (Å²) in [6.45, 7) is 5.80. The van der Waals surface area contributed by atoms with Crippen LogP contribution in [-0.4, -0.2) is 46.4 Å². The number of ketones is 1. The lowest BCUT2D eigenvalue weighted by Crippen LogP contribution is -2.37. The SMILES string of the molecule is COc1ccccc1C1C(C(=O)C(C)(C)C)C(O)C(=O)N1CCc1cccnc1. The third-order valence-electron chi connectivity index (χ3n) is 5.42. The number of aromatic nitrogens is 1. The number of Topliss-reactive ketones (excluding diaryl/α,β-unsaturated/α-hetero) is 1. The standard InChI is InChI=1S/C23H28N2O4/c1-23(2,3)21(27)18-19(16-9-5-6-10-17(16)29-4)25(22(28)20(18)26)13-11-15-8-7-12-24-14-15/h5-10,12,14,18-20,26H,11,13H2,1-4H3. The van der Waals surface area contributed by atoms with E-state index in [-0.39, 0.29) is 5.78 Å². The fraction of sp³-hybridized carbons (Fsp3) is 0.435. The molecule has 0 saturated carbocycles. The smallest absolute Gasteiger partial charge is 0.252 e. The van der Waals surface area contributed by atoms with Crippen LogP contribution in [0, 0.1) is 11.3 Å². The Morgan fingerprint density at radius 2 is 1.93 bits per heavy atom. The molecule has 6 heteroatoms. The summed E-state index contributed by atoms with van der Waals surface area (Å²) >= 11 is 0. The lowest BCUT2D eigenvalue weighted by atomic mass is 9.77. The molecule has 2 heterocycles. The molecule has 1 fully saturated rings. The van der Waals surface area contributed by atoms with Crippen molar-refractivity contribution in [2.24, 2.45) is 11.3 Å². The molecule has 0 spiro atoms. The summed E-state index contributed by atoms with van der Waals surface area (Å²) in [5.74, 6) is -0.823. The third kappa shape index (κ3) is 4.17. The maximum atomic E-state index is 13.2. The second-order valence-corrected chi connectivity index (χ2v) is 8.41. The van der Waals surface area contributed by atoms with Gasteiger partial charge in [0.2, 0.25) is 0 Å². The predicted molar refractivity (Wildman–Crippen MR) is 109 cm³/mol. The van der Waals surface area contributed by atoms with Crippen LogP contribution in [0.2, 0.25) is 0 Å². The molecule has 3 rings (SSSR count). The van der Waals surface area contributed by atoms with E-state index in [0.717, 1.165) is 11.1 Å². The number of nitrogens with zero attached hydrogens (tertiary/aromatic N) is 2. The molecule has 6 nitrogen and oxygen atoms in total. The van der Waals surface area contributed by atoms with Gasteiger partial charge >= 0.3 is 0 Å². The van der Waals surface area contributed by atoms with Gasteiger partial charge in [0.1, 0.15) is 17.6 Å². The number of pyridine rings is 1. The number of rotatable bonds is 6. The molecule has 1 N–H and O–H groups in total. The van der Waals surface area contributed by atoms with E-state index in [4.69, 9.17) is 4.74 Å². The lowest BCUT2D eigenvalue weighted by molar-refractivity contribution is -0.139. The predicted octanol–water partition coefficient (Wildman–Crippen LogP) is 2.81. The topological polar surface area (TPSA) is 79.7 Å². The van der Waals surface area contributed by atoms with Gasteiger partial charge in [-0.3, -0.25) is 14.6 Å². The number of hydrogen-bond acceptors (Lipinski definition) is 5. The van der Waals surface area contributed by atoms with E-state index in [1.165, 1.54) is 0 Å². The molecule has 1 aliphatic heterocycles. The molecule has 1 saturated heterocycles. The molecule has 1 aromatic heterocycles. The lowest BCUT2D eigenvalue weighted by Gasteiger charge is -2.31. The molecule has 3 atom stereocenters. The van der Waals surface area contributed by atoms with Gasteiger partial charge in [0.15, 0.2) is 0 Å². The third-order valence-corrected chi connectivity index (χ3v) is 5.42. The van der Waals surface area contributed by atoms with Crippen molar-refractivity contribution in [3.63, 3.8) is 0 Å². The maximum absolute atomic E-state index is 13.2. The molecular weight excluding hydrogens is 368 g/mol. The molecule has 1 aromatic carbocycles. The van der Waals surface area contributed by atoms with Crippen molar-refractivity contribution in [3.05, 3.63) is 59.9 Å². The van der Waals surface area contributed by atoms with Crippen LogP contribution < -0.4 is 4.74 Å². The highest BCUT2D eigenvalue weighted by Gasteiger charge is 2.53. The van der Waals surface area contributed by atoms with Crippen molar-refractivity contribution in [1.82, 2.24) is 9.88 Å². The molecule has 1 amide bonds. The van der Waals surface area contributed by atoms with Gasteiger partial charge in [-0.05, 0) is 24.1 Å². The van der Waals surface area contributed by atoms with E-state index in [2.05, 4.69) is 4.98 Å². The Bertz CT molecular complexity index is 876. The number of ether oxygens (including phenoxy) is 1.